The maximum absolute atomic E-state index is 12.1. The fourth-order valence-electron chi connectivity index (χ4n) is 4.98. The largest absolute Gasteiger partial charge is 0.391 e. The molecule has 100 valence electrons. The standard InChI is InChI=1S/C14H22N2O2/c17-12-4-5-15-7-9-6-10(14(12)15)8-16-11(9)2-1-3-13(16)18/h9-12,14,17H,1-8H2/t9-,10-,11+,12+,14+/m1/s1. The van der Waals surface area contributed by atoms with Gasteiger partial charge in [0.05, 0.1) is 6.10 Å². The summed E-state index contributed by atoms with van der Waals surface area (Å²) in [4.78, 5) is 16.7. The van der Waals surface area contributed by atoms with Crippen LogP contribution in [0.2, 0.25) is 0 Å². The Morgan fingerprint density at radius 3 is 2.94 bits per heavy atom. The fraction of sp³-hybridized carbons (Fsp3) is 0.929. The van der Waals surface area contributed by atoms with E-state index in [9.17, 15) is 9.90 Å². The van der Waals surface area contributed by atoms with Gasteiger partial charge in [-0.1, -0.05) is 0 Å². The molecule has 1 amide bonds. The van der Waals surface area contributed by atoms with E-state index < -0.39 is 0 Å². The minimum atomic E-state index is -0.160. The average molecular weight is 250 g/mol. The van der Waals surface area contributed by atoms with E-state index in [1.54, 1.807) is 0 Å². The SMILES string of the molecule is O=C1CCC[C@H]2[C@@H]3C[C@H](CN12)[C@H]1[C@@H](O)CCN1C3. The molecule has 2 bridgehead atoms. The van der Waals surface area contributed by atoms with Gasteiger partial charge in [0.1, 0.15) is 0 Å². The van der Waals surface area contributed by atoms with E-state index >= 15 is 0 Å². The van der Waals surface area contributed by atoms with Crippen molar-refractivity contribution >= 4 is 5.91 Å². The molecular formula is C14H22N2O2. The molecule has 0 radical (unpaired) electrons. The van der Waals surface area contributed by atoms with E-state index in [0.717, 1.165) is 38.9 Å². The molecule has 0 spiro atoms. The van der Waals surface area contributed by atoms with E-state index in [0.29, 0.717) is 29.8 Å². The molecule has 4 aliphatic rings. The van der Waals surface area contributed by atoms with Gasteiger partial charge in [-0.05, 0) is 37.5 Å². The Balaban J connectivity index is 1.62. The number of rotatable bonds is 0. The number of piperidine rings is 3. The molecule has 1 N–H and O–H groups in total. The van der Waals surface area contributed by atoms with Crippen molar-refractivity contribution < 1.29 is 9.90 Å². The first-order valence-corrected chi connectivity index (χ1v) is 7.45. The molecule has 4 fully saturated rings. The predicted octanol–water partition coefficient (Wildman–Crippen LogP) is 0.452. The number of nitrogens with zero attached hydrogens (tertiary/aromatic N) is 2. The van der Waals surface area contributed by atoms with Crippen LogP contribution < -0.4 is 0 Å². The van der Waals surface area contributed by atoms with E-state index in [1.807, 2.05) is 0 Å². The summed E-state index contributed by atoms with van der Waals surface area (Å²) in [7, 11) is 0. The lowest BCUT2D eigenvalue weighted by Gasteiger charge is -2.54. The van der Waals surface area contributed by atoms with Gasteiger partial charge >= 0.3 is 0 Å². The number of carbonyl (C=O) groups is 1. The third-order valence-corrected chi connectivity index (χ3v) is 5.67. The first-order chi connectivity index (χ1) is 8.74. The minimum Gasteiger partial charge on any atom is -0.391 e. The highest BCUT2D eigenvalue weighted by Gasteiger charge is 2.51. The van der Waals surface area contributed by atoms with Crippen molar-refractivity contribution in [2.75, 3.05) is 19.6 Å². The van der Waals surface area contributed by atoms with Crippen LogP contribution in [0.3, 0.4) is 0 Å². The van der Waals surface area contributed by atoms with Crippen LogP contribution in [0.5, 0.6) is 0 Å². The van der Waals surface area contributed by atoms with E-state index in [-0.39, 0.29) is 6.10 Å². The summed E-state index contributed by atoms with van der Waals surface area (Å²) in [5.74, 6) is 1.54. The van der Waals surface area contributed by atoms with E-state index in [2.05, 4.69) is 9.80 Å². The highest BCUT2D eigenvalue weighted by Crippen LogP contribution is 2.43. The summed E-state index contributed by atoms with van der Waals surface area (Å²) < 4.78 is 0. The van der Waals surface area contributed by atoms with Gasteiger partial charge in [0.15, 0.2) is 0 Å². The number of aliphatic hydroxyl groups excluding tert-OH is 1. The molecule has 4 heterocycles. The summed E-state index contributed by atoms with van der Waals surface area (Å²) in [6.07, 6.45) is 5.01. The zero-order valence-corrected chi connectivity index (χ0v) is 10.8. The molecule has 5 atom stereocenters. The van der Waals surface area contributed by atoms with Crippen molar-refractivity contribution in [3.05, 3.63) is 0 Å². The monoisotopic (exact) mass is 250 g/mol. The molecule has 18 heavy (non-hydrogen) atoms. The second kappa shape index (κ2) is 3.94. The molecule has 0 aromatic rings. The Bertz CT molecular complexity index is 373. The van der Waals surface area contributed by atoms with Crippen LogP contribution in [0.15, 0.2) is 0 Å². The lowest BCUT2D eigenvalue weighted by Crippen LogP contribution is -2.63. The zero-order valence-electron chi connectivity index (χ0n) is 10.8. The van der Waals surface area contributed by atoms with Gasteiger partial charge in [-0.3, -0.25) is 9.69 Å². The predicted molar refractivity (Wildman–Crippen MR) is 66.9 cm³/mol. The number of aliphatic hydroxyl groups is 1. The molecule has 0 saturated carbocycles. The van der Waals surface area contributed by atoms with Gasteiger partial charge < -0.3 is 10.0 Å². The Kier molecular flexibility index (Phi) is 2.46. The number of hydrogen-bond donors (Lipinski definition) is 1. The third-order valence-electron chi connectivity index (χ3n) is 5.67. The number of hydrogen-bond acceptors (Lipinski definition) is 3. The van der Waals surface area contributed by atoms with Crippen molar-refractivity contribution in [3.8, 4) is 0 Å². The highest BCUT2D eigenvalue weighted by molar-refractivity contribution is 5.77. The molecule has 0 aromatic heterocycles. The maximum Gasteiger partial charge on any atom is 0.222 e. The van der Waals surface area contributed by atoms with Gasteiger partial charge in [-0.15, -0.1) is 0 Å². The fourth-order valence-corrected chi connectivity index (χ4v) is 4.98. The van der Waals surface area contributed by atoms with Crippen molar-refractivity contribution in [1.82, 2.24) is 9.80 Å². The third kappa shape index (κ3) is 1.48. The quantitative estimate of drug-likeness (QED) is 0.679. The van der Waals surface area contributed by atoms with Crippen molar-refractivity contribution in [3.63, 3.8) is 0 Å². The van der Waals surface area contributed by atoms with Gasteiger partial charge in [-0.25, -0.2) is 0 Å². The topological polar surface area (TPSA) is 43.8 Å². The Hall–Kier alpha value is -0.610. The summed E-state index contributed by atoms with van der Waals surface area (Å²) in [6, 6.07) is 0.832. The summed E-state index contributed by atoms with van der Waals surface area (Å²) >= 11 is 0. The summed E-state index contributed by atoms with van der Waals surface area (Å²) in [6.45, 7) is 3.06. The Labute approximate surface area is 108 Å². The highest BCUT2D eigenvalue weighted by atomic mass is 16.3. The molecule has 0 unspecified atom stereocenters. The average Bonchev–Trinajstić information content (AvgIpc) is 2.73. The molecule has 4 heteroatoms. The first kappa shape index (κ1) is 11.2. The lowest BCUT2D eigenvalue weighted by atomic mass is 9.72. The second-order valence-corrected chi connectivity index (χ2v) is 6.60. The molecular weight excluding hydrogens is 228 g/mol. The Morgan fingerprint density at radius 2 is 2.06 bits per heavy atom. The van der Waals surface area contributed by atoms with Crippen molar-refractivity contribution in [1.29, 1.82) is 0 Å². The molecule has 4 nitrogen and oxygen atoms in total. The Morgan fingerprint density at radius 1 is 1.17 bits per heavy atom. The maximum atomic E-state index is 12.1. The van der Waals surface area contributed by atoms with Crippen LogP contribution in [-0.4, -0.2) is 58.6 Å². The van der Waals surface area contributed by atoms with E-state index in [4.69, 9.17) is 0 Å². The summed E-state index contributed by atoms with van der Waals surface area (Å²) in [5.41, 5.74) is 0. The normalized spacial score (nSPS) is 47.9. The second-order valence-electron chi connectivity index (χ2n) is 6.60. The molecule has 4 aliphatic heterocycles. The first-order valence-electron chi connectivity index (χ1n) is 7.45. The van der Waals surface area contributed by atoms with Gasteiger partial charge in [0, 0.05) is 38.1 Å². The molecule has 4 rings (SSSR count). The number of fused-ring (bicyclic) bond motifs is 6. The number of carbonyl (C=O) groups excluding carboxylic acids is 1. The molecule has 4 saturated heterocycles. The summed E-state index contributed by atoms with van der Waals surface area (Å²) in [5, 5.41) is 10.2. The van der Waals surface area contributed by atoms with Gasteiger partial charge in [0.25, 0.3) is 0 Å². The lowest BCUT2D eigenvalue weighted by molar-refractivity contribution is -0.148. The van der Waals surface area contributed by atoms with Crippen LogP contribution in [0, 0.1) is 11.8 Å². The van der Waals surface area contributed by atoms with Crippen LogP contribution >= 0.6 is 0 Å². The smallest absolute Gasteiger partial charge is 0.222 e. The van der Waals surface area contributed by atoms with Crippen molar-refractivity contribution in [2.45, 2.75) is 50.3 Å². The molecule has 0 aromatic carbocycles. The van der Waals surface area contributed by atoms with Gasteiger partial charge in [-0.2, -0.15) is 0 Å². The van der Waals surface area contributed by atoms with Crippen LogP contribution in [-0.2, 0) is 4.79 Å². The van der Waals surface area contributed by atoms with Crippen LogP contribution in [0.1, 0.15) is 32.1 Å². The zero-order chi connectivity index (χ0) is 12.3. The van der Waals surface area contributed by atoms with Crippen LogP contribution in [0.4, 0.5) is 0 Å². The molecule has 0 aliphatic carbocycles. The van der Waals surface area contributed by atoms with Gasteiger partial charge in [0.2, 0.25) is 5.91 Å². The number of amides is 1. The van der Waals surface area contributed by atoms with Crippen molar-refractivity contribution in [2.24, 2.45) is 11.8 Å². The van der Waals surface area contributed by atoms with Crippen LogP contribution in [0.25, 0.3) is 0 Å². The van der Waals surface area contributed by atoms with E-state index in [1.165, 1.54) is 12.8 Å². The minimum absolute atomic E-state index is 0.160.